The second-order valence-electron chi connectivity index (χ2n) is 9.02. The van der Waals surface area contributed by atoms with Crippen LogP contribution in [0.15, 0.2) is 30.3 Å². The van der Waals surface area contributed by atoms with E-state index in [1.54, 1.807) is 5.56 Å². The average molecular weight is 397 g/mol. The lowest BCUT2D eigenvalue weighted by molar-refractivity contribution is 0.307. The predicted octanol–water partition coefficient (Wildman–Crippen LogP) is 9.09. The molecule has 162 valence electrons. The lowest BCUT2D eigenvalue weighted by Gasteiger charge is -2.38. The van der Waals surface area contributed by atoms with Gasteiger partial charge < -0.3 is 5.11 Å². The number of unbranched alkanes of at least 4 members (excludes halogenated alkanes) is 5. The minimum Gasteiger partial charge on any atom is -0.507 e. The van der Waals surface area contributed by atoms with Gasteiger partial charge in [0.25, 0.3) is 0 Å². The largest absolute Gasteiger partial charge is 0.507 e. The maximum absolute atomic E-state index is 10.8. The summed E-state index contributed by atoms with van der Waals surface area (Å²) in [6.45, 7) is 9.22. The van der Waals surface area contributed by atoms with Gasteiger partial charge in [0, 0.05) is 5.39 Å². The van der Waals surface area contributed by atoms with Crippen molar-refractivity contribution in [2.24, 2.45) is 0 Å². The molecule has 2 aromatic rings. The highest BCUT2D eigenvalue weighted by molar-refractivity contribution is 5.92. The first-order valence-corrected chi connectivity index (χ1v) is 12.4. The Bertz CT molecular complexity index is 722. The highest BCUT2D eigenvalue weighted by Crippen LogP contribution is 2.47. The molecule has 0 aliphatic rings. The molecular formula is C28H44O. The number of rotatable bonds is 14. The number of aromatic hydroxyl groups is 1. The molecule has 0 unspecified atom stereocenters. The number of aryl methyl sites for hydroxylation is 1. The van der Waals surface area contributed by atoms with Crippen LogP contribution in [0.25, 0.3) is 10.8 Å². The molecule has 0 saturated carbocycles. The maximum atomic E-state index is 10.8. The van der Waals surface area contributed by atoms with Crippen molar-refractivity contribution in [3.63, 3.8) is 0 Å². The first kappa shape index (κ1) is 23.8. The molecule has 0 radical (unpaired) electrons. The van der Waals surface area contributed by atoms with Gasteiger partial charge in [-0.1, -0.05) is 103 Å². The van der Waals surface area contributed by atoms with E-state index in [-0.39, 0.29) is 5.41 Å². The van der Waals surface area contributed by atoms with Gasteiger partial charge in [0.15, 0.2) is 0 Å². The van der Waals surface area contributed by atoms with E-state index in [4.69, 9.17) is 0 Å². The van der Waals surface area contributed by atoms with Gasteiger partial charge >= 0.3 is 0 Å². The molecule has 0 aliphatic heterocycles. The first-order chi connectivity index (χ1) is 14.1. The lowest BCUT2D eigenvalue weighted by atomic mass is 9.66. The zero-order valence-electron chi connectivity index (χ0n) is 19.5. The summed E-state index contributed by atoms with van der Waals surface area (Å²) in [4.78, 5) is 0. The van der Waals surface area contributed by atoms with E-state index in [1.807, 2.05) is 0 Å². The smallest absolute Gasteiger partial charge is 0.123 e. The van der Waals surface area contributed by atoms with E-state index in [2.05, 4.69) is 58.0 Å². The van der Waals surface area contributed by atoms with Gasteiger partial charge in [-0.25, -0.2) is 0 Å². The summed E-state index contributed by atoms with van der Waals surface area (Å²) in [6.07, 6.45) is 16.3. The number of hydrogen-bond acceptors (Lipinski definition) is 1. The first-order valence-electron chi connectivity index (χ1n) is 12.4. The monoisotopic (exact) mass is 396 g/mol. The van der Waals surface area contributed by atoms with Gasteiger partial charge in [0.05, 0.1) is 0 Å². The third-order valence-corrected chi connectivity index (χ3v) is 6.71. The number of phenolic OH excluding ortho intramolecular Hbond substituents is 1. The Morgan fingerprint density at radius 1 is 0.690 bits per heavy atom. The minimum absolute atomic E-state index is 0.248. The van der Waals surface area contributed by atoms with E-state index in [0.717, 1.165) is 11.8 Å². The van der Waals surface area contributed by atoms with Crippen molar-refractivity contribution in [2.75, 3.05) is 0 Å². The standard InChI is InChI=1S/C28H44O/c1-5-9-15-21-28(19-11-7-3,20-12-8-4)27-23(16-10-6-2)22-26(29)24-17-13-14-18-25(24)27/h13-14,17-18,22,29H,5-12,15-16,19-21H2,1-4H3. The number of benzene rings is 2. The number of phenols is 1. The van der Waals surface area contributed by atoms with Gasteiger partial charge in [-0.3, -0.25) is 0 Å². The fraction of sp³-hybridized carbons (Fsp3) is 0.643. The third kappa shape index (κ3) is 6.00. The molecule has 0 fully saturated rings. The Hall–Kier alpha value is -1.50. The summed E-state index contributed by atoms with van der Waals surface area (Å²) in [6, 6.07) is 10.7. The molecule has 2 rings (SSSR count). The van der Waals surface area contributed by atoms with Crippen molar-refractivity contribution < 1.29 is 5.11 Å². The molecular weight excluding hydrogens is 352 g/mol. The Labute approximate surface area is 179 Å². The fourth-order valence-corrected chi connectivity index (χ4v) is 5.10. The molecule has 0 saturated heterocycles. The zero-order chi connectivity index (χ0) is 21.1. The highest BCUT2D eigenvalue weighted by atomic mass is 16.3. The molecule has 1 N–H and O–H groups in total. The Morgan fingerprint density at radius 2 is 1.24 bits per heavy atom. The Balaban J connectivity index is 2.71. The molecule has 0 aromatic heterocycles. The van der Waals surface area contributed by atoms with Crippen LogP contribution in [-0.2, 0) is 11.8 Å². The maximum Gasteiger partial charge on any atom is 0.123 e. The summed E-state index contributed by atoms with van der Waals surface area (Å²) < 4.78 is 0. The minimum atomic E-state index is 0.248. The predicted molar refractivity (Wildman–Crippen MR) is 129 cm³/mol. The van der Waals surface area contributed by atoms with Gasteiger partial charge in [0.1, 0.15) is 5.75 Å². The molecule has 0 spiro atoms. The van der Waals surface area contributed by atoms with Gasteiger partial charge in [-0.15, -0.1) is 0 Å². The molecule has 2 aromatic carbocycles. The fourth-order valence-electron chi connectivity index (χ4n) is 5.10. The zero-order valence-corrected chi connectivity index (χ0v) is 19.5. The van der Waals surface area contributed by atoms with Gasteiger partial charge in [-0.2, -0.15) is 0 Å². The molecule has 29 heavy (non-hydrogen) atoms. The number of hydrogen-bond donors (Lipinski definition) is 1. The van der Waals surface area contributed by atoms with Crippen molar-refractivity contribution in [1.29, 1.82) is 0 Å². The van der Waals surface area contributed by atoms with E-state index >= 15 is 0 Å². The Kier molecular flexibility index (Phi) is 10.0. The molecule has 0 heterocycles. The van der Waals surface area contributed by atoms with Crippen molar-refractivity contribution in [3.05, 3.63) is 41.5 Å². The van der Waals surface area contributed by atoms with Crippen molar-refractivity contribution in [3.8, 4) is 5.75 Å². The molecule has 0 aliphatic carbocycles. The van der Waals surface area contributed by atoms with E-state index in [0.29, 0.717) is 5.75 Å². The molecule has 0 amide bonds. The summed E-state index contributed by atoms with van der Waals surface area (Å²) in [5.41, 5.74) is 3.24. The van der Waals surface area contributed by atoms with Crippen molar-refractivity contribution >= 4 is 10.8 Å². The number of fused-ring (bicyclic) bond motifs is 1. The van der Waals surface area contributed by atoms with E-state index in [9.17, 15) is 5.11 Å². The normalized spacial score (nSPS) is 12.0. The average Bonchev–Trinajstić information content (AvgIpc) is 2.74. The molecule has 0 bridgehead atoms. The van der Waals surface area contributed by atoms with Gasteiger partial charge in [-0.05, 0) is 60.1 Å². The quantitative estimate of drug-likeness (QED) is 0.316. The molecule has 0 atom stereocenters. The third-order valence-electron chi connectivity index (χ3n) is 6.71. The van der Waals surface area contributed by atoms with Gasteiger partial charge in [0.2, 0.25) is 0 Å². The second kappa shape index (κ2) is 12.3. The van der Waals surface area contributed by atoms with Crippen LogP contribution >= 0.6 is 0 Å². The van der Waals surface area contributed by atoms with Crippen LogP contribution in [0.2, 0.25) is 0 Å². The SMILES string of the molecule is CCCCCC(CCCC)(CCCC)c1c(CCCC)cc(O)c2ccccc12. The van der Waals surface area contributed by atoms with Crippen molar-refractivity contribution in [2.45, 2.75) is 117 Å². The molecule has 1 nitrogen and oxygen atoms in total. The topological polar surface area (TPSA) is 20.2 Å². The van der Waals surface area contributed by atoms with Crippen molar-refractivity contribution in [1.82, 2.24) is 0 Å². The second-order valence-corrected chi connectivity index (χ2v) is 9.02. The summed E-state index contributed by atoms with van der Waals surface area (Å²) in [5, 5.41) is 13.2. The van der Waals surface area contributed by atoms with Crippen LogP contribution in [0, 0.1) is 0 Å². The van der Waals surface area contributed by atoms with Crippen LogP contribution in [0.3, 0.4) is 0 Å². The van der Waals surface area contributed by atoms with Crippen LogP contribution in [0.4, 0.5) is 0 Å². The van der Waals surface area contributed by atoms with E-state index in [1.165, 1.54) is 88.0 Å². The van der Waals surface area contributed by atoms with Crippen LogP contribution in [0.1, 0.15) is 116 Å². The summed E-state index contributed by atoms with van der Waals surface area (Å²) >= 11 is 0. The van der Waals surface area contributed by atoms with Crippen LogP contribution in [0.5, 0.6) is 5.75 Å². The summed E-state index contributed by atoms with van der Waals surface area (Å²) in [7, 11) is 0. The van der Waals surface area contributed by atoms with E-state index < -0.39 is 0 Å². The Morgan fingerprint density at radius 3 is 1.83 bits per heavy atom. The summed E-state index contributed by atoms with van der Waals surface area (Å²) in [5.74, 6) is 0.462. The highest BCUT2D eigenvalue weighted by Gasteiger charge is 2.34. The van der Waals surface area contributed by atoms with Crippen LogP contribution in [-0.4, -0.2) is 5.11 Å². The molecule has 1 heteroatoms. The van der Waals surface area contributed by atoms with Crippen LogP contribution < -0.4 is 0 Å². The lowest BCUT2D eigenvalue weighted by Crippen LogP contribution is -2.28.